The maximum absolute atomic E-state index is 0. The molecule has 0 N–H and O–H groups in total. The van der Waals surface area contributed by atoms with Gasteiger partial charge in [0.15, 0.2) is 0 Å². The van der Waals surface area contributed by atoms with E-state index in [1.165, 1.54) is 0 Å². The van der Waals surface area contributed by atoms with Crippen LogP contribution in [-0.4, -0.2) is 57.8 Å². The molecular weight excluding hydrogens is 169 g/mol. The van der Waals surface area contributed by atoms with Crippen LogP contribution in [0.1, 0.15) is 0 Å². The average Bonchev–Trinajstić information content (AvgIpc) is 0. The smallest absolute Gasteiger partial charge is 2.00 e. The molecule has 0 heterocycles. The van der Waals surface area contributed by atoms with E-state index < -0.39 is 0 Å². The van der Waals surface area contributed by atoms with Gasteiger partial charge >= 0.3 is 74.6 Å². The number of hydrogen-bond acceptors (Lipinski definition) is 0. The van der Waals surface area contributed by atoms with Crippen LogP contribution >= 0.6 is 0 Å². The Morgan fingerprint density at radius 2 is 0.667 bits per heavy atom. The van der Waals surface area contributed by atoms with Crippen LogP contribution in [0.4, 0.5) is 0 Å². The summed E-state index contributed by atoms with van der Waals surface area (Å²) < 4.78 is 0. The van der Waals surface area contributed by atoms with Gasteiger partial charge in [-0.05, 0) is 0 Å². The molecule has 0 atom stereocenters. The third-order valence-electron chi connectivity index (χ3n) is 0. The molecule has 0 aromatic heterocycles. The van der Waals surface area contributed by atoms with E-state index in [4.69, 9.17) is 0 Å². The molecule has 0 unspecified atom stereocenters. The Bertz CT molecular complexity index is 11.5. The van der Waals surface area contributed by atoms with Gasteiger partial charge in [-0.1, -0.05) is 0 Å². The Morgan fingerprint density at radius 1 is 0.667 bits per heavy atom. The van der Waals surface area contributed by atoms with Crippen LogP contribution in [0.5, 0.6) is 0 Å². The van der Waals surface area contributed by atoms with Gasteiger partial charge in [0.2, 0.25) is 0 Å². The fourth-order valence-corrected chi connectivity index (χ4v) is 0. The van der Waals surface area contributed by atoms with Crippen LogP contribution in [0.3, 0.4) is 0 Å². The Balaban J connectivity index is 0. The minimum atomic E-state index is 0. The summed E-state index contributed by atoms with van der Waals surface area (Å²) in [5, 5.41) is 0. The fraction of sp³-hybridized carbons (Fsp3) is 0. The molecule has 0 rings (SSSR count). The first-order chi connectivity index (χ1) is 0. The zero-order valence-corrected chi connectivity index (χ0v) is 7.78. The standard InChI is InChI=1S/2Al.Co.Mg.2O/q2*+3;2*+2;2*-2. The molecule has 0 aliphatic heterocycles. The molecule has 0 saturated carbocycles. The summed E-state index contributed by atoms with van der Waals surface area (Å²) in [6.45, 7) is 0. The quantitative estimate of drug-likeness (QED) is 0.401. The molecule has 0 saturated heterocycles. The summed E-state index contributed by atoms with van der Waals surface area (Å²) in [6, 6.07) is 0. The van der Waals surface area contributed by atoms with Crippen LogP contribution in [0.15, 0.2) is 0 Å². The minimum absolute atomic E-state index is 0. The second kappa shape index (κ2) is 55.8. The maximum Gasteiger partial charge on any atom is 3.00 e. The first-order valence-electron chi connectivity index (χ1n) is 0. The Morgan fingerprint density at radius 3 is 0.667 bits per heavy atom. The van der Waals surface area contributed by atoms with Crippen molar-refractivity contribution in [1.82, 2.24) is 0 Å². The third-order valence-corrected chi connectivity index (χ3v) is 0. The monoisotopic (exact) mass is 169 g/mol. The molecule has 0 aliphatic rings. The summed E-state index contributed by atoms with van der Waals surface area (Å²) in [4.78, 5) is 0. The summed E-state index contributed by atoms with van der Waals surface area (Å²) >= 11 is 0. The van der Waals surface area contributed by atoms with Crippen molar-refractivity contribution >= 4 is 57.8 Å². The molecule has 0 aromatic carbocycles. The largest absolute Gasteiger partial charge is 3.00 e. The molecule has 0 fully saturated rings. The van der Waals surface area contributed by atoms with E-state index in [0.717, 1.165) is 0 Å². The second-order valence-electron chi connectivity index (χ2n) is 0. The second-order valence-corrected chi connectivity index (χ2v) is 0. The first-order valence-corrected chi connectivity index (χ1v) is 0. The molecule has 0 spiro atoms. The van der Waals surface area contributed by atoms with Gasteiger partial charge in [-0.25, -0.2) is 0 Å². The van der Waals surface area contributed by atoms with E-state index >= 15 is 0 Å². The minimum Gasteiger partial charge on any atom is -2.00 e. The van der Waals surface area contributed by atoms with Crippen LogP contribution in [-0.2, 0) is 27.7 Å². The molecule has 0 bridgehead atoms. The van der Waals surface area contributed by atoms with Gasteiger partial charge in [0.25, 0.3) is 0 Å². The van der Waals surface area contributed by atoms with Crippen molar-refractivity contribution in [2.75, 3.05) is 0 Å². The predicted octanol–water partition coefficient (Wildman–Crippen LogP) is -1.38. The molecule has 23 valence electrons. The van der Waals surface area contributed by atoms with Crippen molar-refractivity contribution in [3.8, 4) is 0 Å². The normalized spacial score (nSPS) is 0. The van der Waals surface area contributed by atoms with Gasteiger partial charge < -0.3 is 11.0 Å². The van der Waals surface area contributed by atoms with Crippen LogP contribution < -0.4 is 0 Å². The van der Waals surface area contributed by atoms with E-state index in [0.29, 0.717) is 0 Å². The van der Waals surface area contributed by atoms with Crippen LogP contribution in [0.25, 0.3) is 0 Å². The van der Waals surface area contributed by atoms with Crippen molar-refractivity contribution in [2.24, 2.45) is 0 Å². The summed E-state index contributed by atoms with van der Waals surface area (Å²) in [7, 11) is 0. The summed E-state index contributed by atoms with van der Waals surface area (Å²) in [5.74, 6) is 0. The molecule has 0 amide bonds. The molecule has 6 heteroatoms. The van der Waals surface area contributed by atoms with Crippen molar-refractivity contribution in [2.45, 2.75) is 0 Å². The number of rotatable bonds is 0. The zero-order chi connectivity index (χ0) is 0. The Kier molecular flexibility index (Phi) is 793. The summed E-state index contributed by atoms with van der Waals surface area (Å²) in [5.41, 5.74) is 0. The molecule has 0 aliphatic carbocycles. The van der Waals surface area contributed by atoms with Crippen molar-refractivity contribution in [3.05, 3.63) is 0 Å². The van der Waals surface area contributed by atoms with Gasteiger partial charge in [-0.15, -0.1) is 0 Å². The van der Waals surface area contributed by atoms with Crippen molar-refractivity contribution < 1.29 is 27.7 Å². The van der Waals surface area contributed by atoms with Crippen molar-refractivity contribution in [1.29, 1.82) is 0 Å². The van der Waals surface area contributed by atoms with Gasteiger partial charge in [0.05, 0.1) is 0 Å². The third kappa shape index (κ3) is 33.9. The first kappa shape index (κ1) is 85.3. The average molecular weight is 169 g/mol. The van der Waals surface area contributed by atoms with Crippen molar-refractivity contribution in [3.63, 3.8) is 0 Å². The van der Waals surface area contributed by atoms with E-state index in [2.05, 4.69) is 0 Å². The molecular formula is Al2CoMgO2+6. The van der Waals surface area contributed by atoms with Gasteiger partial charge in [-0.2, -0.15) is 0 Å². The Hall–Kier alpha value is 2.26. The molecule has 2 nitrogen and oxygen atoms in total. The van der Waals surface area contributed by atoms with E-state index in [1.54, 1.807) is 0 Å². The van der Waals surface area contributed by atoms with Gasteiger partial charge in [0, 0.05) is 0 Å². The summed E-state index contributed by atoms with van der Waals surface area (Å²) in [6.07, 6.45) is 0. The molecule has 1 radical (unpaired) electrons. The zero-order valence-electron chi connectivity index (χ0n) is 3.01. The van der Waals surface area contributed by atoms with Gasteiger partial charge in [-0.3, -0.25) is 0 Å². The predicted molar refractivity (Wildman–Crippen MR) is 18.6 cm³/mol. The van der Waals surface area contributed by atoms with E-state index in [1.807, 2.05) is 0 Å². The fourth-order valence-electron chi connectivity index (χ4n) is 0. The molecule has 6 heavy (non-hydrogen) atoms. The van der Waals surface area contributed by atoms with Crippen LogP contribution in [0.2, 0.25) is 0 Å². The number of hydrogen-bond donors (Lipinski definition) is 0. The van der Waals surface area contributed by atoms with E-state index in [9.17, 15) is 0 Å². The van der Waals surface area contributed by atoms with Gasteiger partial charge in [0.1, 0.15) is 0 Å². The SMILES string of the molecule is [Al+3].[Al+3].[Co+2].[Mg+2].[O-2].[O-2]. The maximum atomic E-state index is 0. The van der Waals surface area contributed by atoms with Crippen LogP contribution in [0, 0.1) is 0 Å². The topological polar surface area (TPSA) is 57.0 Å². The molecule has 0 aromatic rings. The van der Waals surface area contributed by atoms with E-state index in [-0.39, 0.29) is 85.5 Å². The Labute approximate surface area is 84.7 Å².